The zero-order valence-corrected chi connectivity index (χ0v) is 18.7. The summed E-state index contributed by atoms with van der Waals surface area (Å²) in [5.74, 6) is -0.776. The molecule has 0 aromatic rings. The number of aldehydes is 2. The van der Waals surface area contributed by atoms with Crippen molar-refractivity contribution < 1.29 is 24.2 Å². The van der Waals surface area contributed by atoms with Crippen LogP contribution in [0.25, 0.3) is 0 Å². The van der Waals surface area contributed by atoms with Gasteiger partial charge in [-0.1, -0.05) is 52.5 Å². The molecule has 1 fully saturated rings. The van der Waals surface area contributed by atoms with Gasteiger partial charge in [0.15, 0.2) is 0 Å². The van der Waals surface area contributed by atoms with E-state index in [1.165, 1.54) is 0 Å². The van der Waals surface area contributed by atoms with Crippen molar-refractivity contribution in [3.63, 3.8) is 0 Å². The summed E-state index contributed by atoms with van der Waals surface area (Å²) in [4.78, 5) is 36.9. The van der Waals surface area contributed by atoms with Crippen LogP contribution in [-0.2, 0) is 19.1 Å². The van der Waals surface area contributed by atoms with Crippen molar-refractivity contribution in [2.75, 3.05) is 0 Å². The van der Waals surface area contributed by atoms with Gasteiger partial charge in [-0.3, -0.25) is 9.59 Å². The van der Waals surface area contributed by atoms with Gasteiger partial charge in [0.25, 0.3) is 0 Å². The zero-order valence-electron chi connectivity index (χ0n) is 18.7. The molecule has 0 spiro atoms. The second-order valence-corrected chi connectivity index (χ2v) is 9.38. The molecule has 1 saturated carbocycles. The average molecular weight is 417 g/mol. The maximum Gasteiger partial charge on any atom is 0.309 e. The van der Waals surface area contributed by atoms with Crippen LogP contribution in [0.3, 0.4) is 0 Å². The molecule has 0 bridgehead atoms. The van der Waals surface area contributed by atoms with Gasteiger partial charge in [0.1, 0.15) is 18.7 Å². The Morgan fingerprint density at radius 1 is 1.40 bits per heavy atom. The number of hydrogen-bond acceptors (Lipinski definition) is 5. The maximum absolute atomic E-state index is 12.5. The number of aliphatic hydroxyl groups is 1. The number of rotatable bonds is 9. The molecule has 5 nitrogen and oxygen atoms in total. The van der Waals surface area contributed by atoms with Crippen molar-refractivity contribution in [1.29, 1.82) is 0 Å². The van der Waals surface area contributed by atoms with Crippen LogP contribution in [0.2, 0.25) is 0 Å². The van der Waals surface area contributed by atoms with E-state index in [9.17, 15) is 19.5 Å². The predicted molar refractivity (Wildman–Crippen MR) is 117 cm³/mol. The summed E-state index contributed by atoms with van der Waals surface area (Å²) in [6.45, 7) is 15.7. The highest BCUT2D eigenvalue weighted by atomic mass is 16.5. The van der Waals surface area contributed by atoms with Gasteiger partial charge in [-0.25, -0.2) is 0 Å². The Morgan fingerprint density at radius 3 is 2.60 bits per heavy atom. The fraction of sp³-hybridized carbons (Fsp3) is 0.640. The van der Waals surface area contributed by atoms with Crippen molar-refractivity contribution in [3.05, 3.63) is 36.5 Å². The minimum absolute atomic E-state index is 0.111. The van der Waals surface area contributed by atoms with E-state index in [2.05, 4.69) is 27.0 Å². The molecule has 0 aromatic heterocycles. The molecule has 1 N–H and O–H groups in total. The summed E-state index contributed by atoms with van der Waals surface area (Å²) in [5, 5.41) is 11.0. The van der Waals surface area contributed by atoms with Crippen molar-refractivity contribution in [2.45, 2.75) is 72.0 Å². The standard InChI is InChI=1S/C25H36O5/c1-7-16(3)9-10-24(6)18(5)11-22(28)25(15-27)19(14-26)12-20(13-21(24)25)30-23(29)17(4)8-2/h7,12,14-15,17-18,20-22,28H,1,3,8-11,13H2,2,4-6H3/t17-,18-,20+,21+,22+,24-,25+/m0/s1. The largest absolute Gasteiger partial charge is 0.458 e. The number of fused-ring (bicyclic) bond motifs is 1. The Labute approximate surface area is 180 Å². The summed E-state index contributed by atoms with van der Waals surface area (Å²) < 4.78 is 5.72. The van der Waals surface area contributed by atoms with Gasteiger partial charge in [-0.15, -0.1) is 0 Å². The fourth-order valence-corrected chi connectivity index (χ4v) is 5.26. The van der Waals surface area contributed by atoms with Crippen LogP contribution in [0.4, 0.5) is 0 Å². The third-order valence-electron chi connectivity index (χ3n) is 7.84. The van der Waals surface area contributed by atoms with E-state index in [4.69, 9.17) is 4.74 Å². The zero-order chi connectivity index (χ0) is 22.7. The molecule has 0 radical (unpaired) electrons. The van der Waals surface area contributed by atoms with Crippen molar-refractivity contribution in [2.24, 2.45) is 28.6 Å². The minimum atomic E-state index is -1.28. The van der Waals surface area contributed by atoms with Crippen molar-refractivity contribution >= 4 is 18.5 Å². The van der Waals surface area contributed by atoms with E-state index in [0.717, 1.165) is 18.3 Å². The SMILES string of the molecule is C=CC(=C)CC[C@]1(C)[C@H]2C[C@H](OC(=O)[C@@H](C)CC)C=C(C=O)[C@@]2(C=O)[C@H](O)C[C@@H]1C. The summed E-state index contributed by atoms with van der Waals surface area (Å²) in [7, 11) is 0. The predicted octanol–water partition coefficient (Wildman–Crippen LogP) is 4.20. The minimum Gasteiger partial charge on any atom is -0.458 e. The quantitative estimate of drug-likeness (QED) is 0.346. The van der Waals surface area contributed by atoms with E-state index < -0.39 is 17.6 Å². The van der Waals surface area contributed by atoms with E-state index in [1.54, 1.807) is 12.2 Å². The lowest BCUT2D eigenvalue weighted by molar-refractivity contribution is -0.167. The number of carbonyl (C=O) groups excluding carboxylic acids is 3. The normalized spacial score (nSPS) is 36.6. The van der Waals surface area contributed by atoms with Crippen molar-refractivity contribution in [3.8, 4) is 0 Å². The maximum atomic E-state index is 12.5. The van der Waals surface area contributed by atoms with Crippen LogP contribution >= 0.6 is 0 Å². The van der Waals surface area contributed by atoms with Gasteiger partial charge < -0.3 is 14.6 Å². The molecular formula is C25H36O5. The molecule has 0 heterocycles. The lowest BCUT2D eigenvalue weighted by atomic mass is 9.45. The third kappa shape index (κ3) is 4.09. The number of carbonyl (C=O) groups is 3. The lowest BCUT2D eigenvalue weighted by Crippen LogP contribution is -2.60. The summed E-state index contributed by atoms with van der Waals surface area (Å²) in [6.07, 6.45) is 6.09. The Morgan fingerprint density at radius 2 is 2.07 bits per heavy atom. The van der Waals surface area contributed by atoms with E-state index >= 15 is 0 Å². The summed E-state index contributed by atoms with van der Waals surface area (Å²) >= 11 is 0. The first-order valence-corrected chi connectivity index (χ1v) is 10.9. The third-order valence-corrected chi connectivity index (χ3v) is 7.84. The first-order valence-electron chi connectivity index (χ1n) is 10.9. The Hall–Kier alpha value is -2.01. The summed E-state index contributed by atoms with van der Waals surface area (Å²) in [6, 6.07) is 0. The van der Waals surface area contributed by atoms with Gasteiger partial charge in [0.05, 0.1) is 17.4 Å². The molecule has 0 aromatic carbocycles. The number of allylic oxidation sites excluding steroid dienone is 2. The molecule has 166 valence electrons. The average Bonchev–Trinajstić information content (AvgIpc) is 2.74. The number of ether oxygens (including phenoxy) is 1. The van der Waals surface area contributed by atoms with Gasteiger partial charge in [0, 0.05) is 5.57 Å². The number of aliphatic hydroxyl groups excluding tert-OH is 1. The van der Waals surface area contributed by atoms with Crippen molar-refractivity contribution in [1.82, 2.24) is 0 Å². The number of hydrogen-bond donors (Lipinski definition) is 1. The molecule has 7 atom stereocenters. The summed E-state index contributed by atoms with van der Waals surface area (Å²) in [5.41, 5.74) is -0.496. The highest BCUT2D eigenvalue weighted by Crippen LogP contribution is 2.61. The molecule has 2 rings (SSSR count). The Bertz CT molecular complexity index is 738. The highest BCUT2D eigenvalue weighted by Gasteiger charge is 2.62. The van der Waals surface area contributed by atoms with Gasteiger partial charge in [0.2, 0.25) is 0 Å². The van der Waals surface area contributed by atoms with Crippen LogP contribution in [0.15, 0.2) is 36.5 Å². The van der Waals surface area contributed by atoms with E-state index in [-0.39, 0.29) is 34.7 Å². The van der Waals surface area contributed by atoms with Gasteiger partial charge >= 0.3 is 5.97 Å². The molecular weight excluding hydrogens is 380 g/mol. The second-order valence-electron chi connectivity index (χ2n) is 9.38. The smallest absolute Gasteiger partial charge is 0.309 e. The molecule has 2 aliphatic carbocycles. The van der Waals surface area contributed by atoms with Crippen LogP contribution in [0, 0.1) is 28.6 Å². The van der Waals surface area contributed by atoms with Crippen LogP contribution in [-0.4, -0.2) is 35.9 Å². The number of esters is 1. The highest BCUT2D eigenvalue weighted by molar-refractivity contribution is 5.86. The molecule has 30 heavy (non-hydrogen) atoms. The lowest BCUT2D eigenvalue weighted by Gasteiger charge is -2.59. The van der Waals surface area contributed by atoms with Crippen LogP contribution in [0.1, 0.15) is 59.8 Å². The molecule has 0 amide bonds. The molecule has 5 heteroatoms. The van der Waals surface area contributed by atoms with Crippen LogP contribution < -0.4 is 0 Å². The topological polar surface area (TPSA) is 80.7 Å². The first-order chi connectivity index (χ1) is 14.1. The molecule has 0 unspecified atom stereocenters. The monoisotopic (exact) mass is 416 g/mol. The second kappa shape index (κ2) is 9.42. The van der Waals surface area contributed by atoms with Gasteiger partial charge in [-0.05, 0) is 55.4 Å². The molecule has 0 aliphatic heterocycles. The fourth-order valence-electron chi connectivity index (χ4n) is 5.26. The van der Waals surface area contributed by atoms with Gasteiger partial charge in [-0.2, -0.15) is 0 Å². The first kappa shape index (κ1) is 24.3. The van der Waals surface area contributed by atoms with E-state index in [1.807, 2.05) is 13.8 Å². The molecule has 0 saturated heterocycles. The molecule has 2 aliphatic rings. The van der Waals surface area contributed by atoms with E-state index in [0.29, 0.717) is 32.0 Å². The Kier molecular flexibility index (Phi) is 7.62. The van der Waals surface area contributed by atoms with Crippen LogP contribution in [0.5, 0.6) is 0 Å². The Balaban J connectivity index is 2.51.